The van der Waals surface area contributed by atoms with Gasteiger partial charge in [-0.3, -0.25) is 4.79 Å². The second kappa shape index (κ2) is 10.2. The Morgan fingerprint density at radius 2 is 1.00 bits per heavy atom. The Labute approximate surface area is 204 Å². The van der Waals surface area contributed by atoms with Gasteiger partial charge in [0.2, 0.25) is 0 Å². The Balaban J connectivity index is 1.92. The van der Waals surface area contributed by atoms with Crippen LogP contribution in [0.2, 0.25) is 0 Å². The van der Waals surface area contributed by atoms with Crippen molar-refractivity contribution in [2.75, 3.05) is 0 Å². The van der Waals surface area contributed by atoms with Crippen molar-refractivity contribution >= 4 is 5.78 Å². The number of carbonyl (C=O) groups is 1. The van der Waals surface area contributed by atoms with Gasteiger partial charge in [0.25, 0.3) is 0 Å². The maximum atomic E-state index is 14.5. The minimum atomic E-state index is -0.597. The predicted molar refractivity (Wildman–Crippen MR) is 143 cm³/mol. The molecule has 0 aliphatic heterocycles. The quantitative estimate of drug-likeness (QED) is 0.252. The summed E-state index contributed by atoms with van der Waals surface area (Å²) in [5.74, 6) is 0.221. The van der Waals surface area contributed by atoms with Gasteiger partial charge in [-0.25, -0.2) is 0 Å². The number of hydrogen-bond donors (Lipinski definition) is 0. The number of carbonyl (C=O) groups excluding carboxylic acids is 1. The zero-order valence-corrected chi connectivity index (χ0v) is 20.8. The van der Waals surface area contributed by atoms with Crippen LogP contribution in [0.3, 0.4) is 0 Å². The molecule has 1 nitrogen and oxygen atoms in total. The van der Waals surface area contributed by atoms with Crippen molar-refractivity contribution in [2.24, 2.45) is 5.41 Å². The molecule has 0 heterocycles. The molecule has 4 rings (SSSR count). The summed E-state index contributed by atoms with van der Waals surface area (Å²) >= 11 is 0. The number of benzene rings is 4. The van der Waals surface area contributed by atoms with Crippen LogP contribution in [0.5, 0.6) is 0 Å². The van der Waals surface area contributed by atoms with Crippen LogP contribution in [0, 0.1) is 33.1 Å². The standard InChI is InChI=1S/C33H34O/c1-24-20-25(2)27(4)31(26(24)3)23-33(21-28-14-8-5-9-15-28,22-29-16-10-6-11-17-29)32(34)30-18-12-7-13-19-30/h5-20H,21-23H2,1-4H3. The molecule has 0 bridgehead atoms. The molecule has 0 aliphatic rings. The van der Waals surface area contributed by atoms with Crippen LogP contribution >= 0.6 is 0 Å². The first-order chi connectivity index (χ1) is 16.4. The minimum absolute atomic E-state index is 0.221. The summed E-state index contributed by atoms with van der Waals surface area (Å²) in [7, 11) is 0. The Bertz CT molecular complexity index is 1190. The van der Waals surface area contributed by atoms with Gasteiger partial charge in [-0.2, -0.15) is 0 Å². The minimum Gasteiger partial charge on any atom is -0.294 e. The molecule has 0 aromatic heterocycles. The average molecular weight is 447 g/mol. The molecule has 34 heavy (non-hydrogen) atoms. The average Bonchev–Trinajstić information content (AvgIpc) is 2.86. The van der Waals surface area contributed by atoms with Crippen LogP contribution in [-0.2, 0) is 19.3 Å². The fourth-order valence-corrected chi connectivity index (χ4v) is 5.20. The van der Waals surface area contributed by atoms with E-state index in [0.29, 0.717) is 19.3 Å². The summed E-state index contributed by atoms with van der Waals surface area (Å²) in [6, 6.07) is 33.1. The lowest BCUT2D eigenvalue weighted by molar-refractivity contribution is 0.0785. The third-order valence-electron chi connectivity index (χ3n) is 7.32. The predicted octanol–water partition coefficient (Wildman–Crippen LogP) is 7.82. The van der Waals surface area contributed by atoms with E-state index in [0.717, 1.165) is 5.56 Å². The number of ketones is 1. The number of hydrogen-bond acceptors (Lipinski definition) is 1. The van der Waals surface area contributed by atoms with Gasteiger partial charge in [-0.05, 0) is 85.9 Å². The Kier molecular flexibility index (Phi) is 7.12. The molecule has 0 N–H and O–H groups in total. The number of Topliss-reactive ketones (excluding diaryl/α,β-unsaturated/α-hetero) is 1. The molecule has 0 fully saturated rings. The number of rotatable bonds is 8. The molecule has 0 saturated heterocycles. The zero-order chi connectivity index (χ0) is 24.1. The van der Waals surface area contributed by atoms with Crippen LogP contribution in [0.25, 0.3) is 0 Å². The van der Waals surface area contributed by atoms with Gasteiger partial charge < -0.3 is 0 Å². The first-order valence-corrected chi connectivity index (χ1v) is 12.1. The van der Waals surface area contributed by atoms with E-state index in [1.54, 1.807) is 0 Å². The normalized spacial score (nSPS) is 11.4. The van der Waals surface area contributed by atoms with E-state index in [1.807, 2.05) is 42.5 Å². The van der Waals surface area contributed by atoms with Crippen molar-refractivity contribution in [2.45, 2.75) is 47.0 Å². The highest BCUT2D eigenvalue weighted by molar-refractivity contribution is 6.01. The van der Waals surface area contributed by atoms with Crippen LogP contribution < -0.4 is 0 Å². The van der Waals surface area contributed by atoms with Gasteiger partial charge in [0.05, 0.1) is 0 Å². The summed E-state index contributed by atoms with van der Waals surface area (Å²) in [4.78, 5) is 14.5. The molecule has 0 amide bonds. The summed E-state index contributed by atoms with van der Waals surface area (Å²) in [6.07, 6.45) is 2.11. The molecule has 0 radical (unpaired) electrons. The second-order valence-electron chi connectivity index (χ2n) is 9.72. The summed E-state index contributed by atoms with van der Waals surface area (Å²) in [5, 5.41) is 0. The van der Waals surface area contributed by atoms with E-state index in [4.69, 9.17) is 0 Å². The SMILES string of the molecule is Cc1cc(C)c(C)c(CC(Cc2ccccc2)(Cc2ccccc2)C(=O)c2ccccc2)c1C. The van der Waals surface area contributed by atoms with Crippen molar-refractivity contribution < 1.29 is 4.79 Å². The topological polar surface area (TPSA) is 17.1 Å². The first-order valence-electron chi connectivity index (χ1n) is 12.1. The Hall–Kier alpha value is -3.45. The smallest absolute Gasteiger partial charge is 0.169 e. The Morgan fingerprint density at radius 3 is 1.44 bits per heavy atom. The number of aryl methyl sites for hydroxylation is 2. The van der Waals surface area contributed by atoms with E-state index in [9.17, 15) is 4.79 Å². The van der Waals surface area contributed by atoms with Gasteiger partial charge in [0.1, 0.15) is 0 Å². The maximum absolute atomic E-state index is 14.5. The molecule has 0 atom stereocenters. The van der Waals surface area contributed by atoms with Crippen LogP contribution in [0.4, 0.5) is 0 Å². The summed E-state index contributed by atoms with van der Waals surface area (Å²) in [6.45, 7) is 8.78. The highest BCUT2D eigenvalue weighted by Gasteiger charge is 2.40. The van der Waals surface area contributed by atoms with Crippen LogP contribution in [0.1, 0.15) is 49.3 Å². The molecule has 0 aliphatic carbocycles. The molecule has 172 valence electrons. The molecule has 1 heteroatoms. The van der Waals surface area contributed by atoms with Gasteiger partial charge in [-0.1, -0.05) is 97.1 Å². The molecular formula is C33H34O. The van der Waals surface area contributed by atoms with E-state index in [-0.39, 0.29) is 5.78 Å². The van der Waals surface area contributed by atoms with E-state index in [1.165, 1.54) is 38.9 Å². The van der Waals surface area contributed by atoms with E-state index < -0.39 is 5.41 Å². The molecular weight excluding hydrogens is 412 g/mol. The molecule has 4 aromatic rings. The van der Waals surface area contributed by atoms with Crippen LogP contribution in [0.15, 0.2) is 97.1 Å². The van der Waals surface area contributed by atoms with Gasteiger partial charge >= 0.3 is 0 Å². The molecule has 4 aromatic carbocycles. The van der Waals surface area contributed by atoms with Crippen molar-refractivity contribution in [3.8, 4) is 0 Å². The molecule has 0 saturated carbocycles. The van der Waals surface area contributed by atoms with Crippen molar-refractivity contribution in [1.29, 1.82) is 0 Å². The van der Waals surface area contributed by atoms with Crippen molar-refractivity contribution in [3.05, 3.63) is 142 Å². The van der Waals surface area contributed by atoms with E-state index >= 15 is 0 Å². The summed E-state index contributed by atoms with van der Waals surface area (Å²) < 4.78 is 0. The highest BCUT2D eigenvalue weighted by Crippen LogP contribution is 2.38. The third kappa shape index (κ3) is 5.04. The summed E-state index contributed by atoms with van der Waals surface area (Å²) in [5.41, 5.74) is 9.08. The Morgan fingerprint density at radius 1 is 0.588 bits per heavy atom. The second-order valence-corrected chi connectivity index (χ2v) is 9.72. The van der Waals surface area contributed by atoms with Gasteiger partial charge in [-0.15, -0.1) is 0 Å². The lowest BCUT2D eigenvalue weighted by Crippen LogP contribution is -2.39. The molecule has 0 spiro atoms. The fraction of sp³-hybridized carbons (Fsp3) is 0.242. The van der Waals surface area contributed by atoms with Crippen molar-refractivity contribution in [3.63, 3.8) is 0 Å². The largest absolute Gasteiger partial charge is 0.294 e. The first kappa shape index (κ1) is 23.7. The highest BCUT2D eigenvalue weighted by atomic mass is 16.1. The van der Waals surface area contributed by atoms with E-state index in [2.05, 4.69) is 82.3 Å². The molecule has 0 unspecified atom stereocenters. The van der Waals surface area contributed by atoms with Crippen LogP contribution in [-0.4, -0.2) is 5.78 Å². The monoisotopic (exact) mass is 446 g/mol. The third-order valence-corrected chi connectivity index (χ3v) is 7.32. The lowest BCUT2D eigenvalue weighted by Gasteiger charge is -2.35. The fourth-order valence-electron chi connectivity index (χ4n) is 5.20. The van der Waals surface area contributed by atoms with Crippen molar-refractivity contribution in [1.82, 2.24) is 0 Å². The van der Waals surface area contributed by atoms with Gasteiger partial charge in [0.15, 0.2) is 5.78 Å². The zero-order valence-electron chi connectivity index (χ0n) is 20.8. The van der Waals surface area contributed by atoms with Gasteiger partial charge in [0, 0.05) is 11.0 Å². The maximum Gasteiger partial charge on any atom is 0.169 e. The lowest BCUT2D eigenvalue weighted by atomic mass is 9.66.